The third kappa shape index (κ3) is 3.14. The van der Waals surface area contributed by atoms with E-state index in [0.717, 1.165) is 5.39 Å². The molecule has 2 N–H and O–H groups in total. The van der Waals surface area contributed by atoms with Crippen molar-refractivity contribution >= 4 is 28.7 Å². The number of fused-ring (bicyclic) bond motifs is 1. The van der Waals surface area contributed by atoms with Crippen LogP contribution >= 0.6 is 0 Å². The SMILES string of the molecule is O=C1CN=C(NC(=O)c2oc3ccccc3c2COc2ccccc2)N1. The Morgan fingerprint density at radius 3 is 2.69 bits per heavy atom. The number of hydrogen-bond donors (Lipinski definition) is 2. The number of aliphatic imine (C=N–C) groups is 1. The number of hydrogen-bond acceptors (Lipinski definition) is 5. The summed E-state index contributed by atoms with van der Waals surface area (Å²) < 4.78 is 11.5. The number of nitrogens with zero attached hydrogens (tertiary/aromatic N) is 1. The summed E-state index contributed by atoms with van der Waals surface area (Å²) >= 11 is 0. The lowest BCUT2D eigenvalue weighted by Crippen LogP contribution is -2.40. The molecule has 0 spiro atoms. The van der Waals surface area contributed by atoms with E-state index in [-0.39, 0.29) is 30.8 Å². The van der Waals surface area contributed by atoms with Gasteiger partial charge in [0.25, 0.3) is 5.91 Å². The van der Waals surface area contributed by atoms with Crippen molar-refractivity contribution in [3.63, 3.8) is 0 Å². The first-order chi connectivity index (χ1) is 12.7. The van der Waals surface area contributed by atoms with Crippen molar-refractivity contribution in [1.82, 2.24) is 10.6 Å². The lowest BCUT2D eigenvalue weighted by atomic mass is 10.1. The highest BCUT2D eigenvalue weighted by Gasteiger charge is 2.24. The topological polar surface area (TPSA) is 92.9 Å². The van der Waals surface area contributed by atoms with E-state index in [1.807, 2.05) is 48.5 Å². The van der Waals surface area contributed by atoms with Gasteiger partial charge in [-0.15, -0.1) is 0 Å². The summed E-state index contributed by atoms with van der Waals surface area (Å²) in [6.45, 7) is 0.169. The molecule has 0 saturated carbocycles. The third-order valence-electron chi connectivity index (χ3n) is 3.90. The van der Waals surface area contributed by atoms with Gasteiger partial charge in [-0.25, -0.2) is 4.99 Å². The van der Waals surface area contributed by atoms with E-state index in [2.05, 4.69) is 15.6 Å². The summed E-state index contributed by atoms with van der Waals surface area (Å²) in [4.78, 5) is 27.7. The van der Waals surface area contributed by atoms with Crippen molar-refractivity contribution in [1.29, 1.82) is 0 Å². The normalized spacial score (nSPS) is 13.4. The molecule has 1 aliphatic rings. The van der Waals surface area contributed by atoms with Gasteiger partial charge in [-0.1, -0.05) is 36.4 Å². The molecule has 2 heterocycles. The zero-order chi connectivity index (χ0) is 17.9. The van der Waals surface area contributed by atoms with E-state index in [9.17, 15) is 9.59 Å². The van der Waals surface area contributed by atoms with Gasteiger partial charge in [0.05, 0.1) is 0 Å². The Kier molecular flexibility index (Phi) is 4.10. The van der Waals surface area contributed by atoms with Crippen molar-refractivity contribution in [3.8, 4) is 5.75 Å². The van der Waals surface area contributed by atoms with Crippen LogP contribution in [0.5, 0.6) is 5.75 Å². The van der Waals surface area contributed by atoms with Crippen LogP contribution in [0.4, 0.5) is 0 Å². The number of ether oxygens (including phenoxy) is 1. The Balaban J connectivity index is 1.63. The van der Waals surface area contributed by atoms with E-state index < -0.39 is 5.91 Å². The highest BCUT2D eigenvalue weighted by molar-refractivity contribution is 6.13. The zero-order valence-electron chi connectivity index (χ0n) is 13.7. The van der Waals surface area contributed by atoms with Crippen molar-refractivity contribution < 1.29 is 18.7 Å². The van der Waals surface area contributed by atoms with Crippen LogP contribution in [0.3, 0.4) is 0 Å². The molecule has 130 valence electrons. The first-order valence-corrected chi connectivity index (χ1v) is 8.04. The zero-order valence-corrected chi connectivity index (χ0v) is 13.7. The van der Waals surface area contributed by atoms with Crippen LogP contribution in [0.2, 0.25) is 0 Å². The largest absolute Gasteiger partial charge is 0.489 e. The number of carbonyl (C=O) groups excluding carboxylic acids is 2. The van der Waals surface area contributed by atoms with Gasteiger partial charge in [0, 0.05) is 10.9 Å². The molecule has 3 aromatic rings. The highest BCUT2D eigenvalue weighted by Crippen LogP contribution is 2.27. The average Bonchev–Trinajstić information content (AvgIpc) is 3.24. The maximum absolute atomic E-state index is 12.6. The Labute approximate surface area is 148 Å². The molecule has 7 nitrogen and oxygen atoms in total. The lowest BCUT2D eigenvalue weighted by Gasteiger charge is -2.07. The molecular formula is C19H15N3O4. The molecular weight excluding hydrogens is 334 g/mol. The quantitative estimate of drug-likeness (QED) is 0.755. The van der Waals surface area contributed by atoms with E-state index in [4.69, 9.17) is 9.15 Å². The smallest absolute Gasteiger partial charge is 0.294 e. The van der Waals surface area contributed by atoms with Crippen LogP contribution < -0.4 is 15.4 Å². The Morgan fingerprint density at radius 2 is 1.92 bits per heavy atom. The second kappa shape index (κ2) is 6.72. The fraction of sp³-hybridized carbons (Fsp3) is 0.105. The number of amides is 2. The second-order valence-electron chi connectivity index (χ2n) is 5.67. The van der Waals surface area contributed by atoms with Crippen LogP contribution in [0.25, 0.3) is 11.0 Å². The summed E-state index contributed by atoms with van der Waals surface area (Å²) in [7, 11) is 0. The molecule has 0 aliphatic carbocycles. The molecule has 1 aromatic heterocycles. The molecule has 2 aromatic carbocycles. The summed E-state index contributed by atoms with van der Waals surface area (Å²) in [6, 6.07) is 16.7. The molecule has 0 atom stereocenters. The molecule has 0 bridgehead atoms. The maximum Gasteiger partial charge on any atom is 0.294 e. The monoisotopic (exact) mass is 349 g/mol. The number of nitrogens with one attached hydrogen (secondary N) is 2. The second-order valence-corrected chi connectivity index (χ2v) is 5.67. The van der Waals surface area contributed by atoms with Gasteiger partial charge < -0.3 is 9.15 Å². The van der Waals surface area contributed by atoms with Crippen molar-refractivity contribution in [2.24, 2.45) is 4.99 Å². The van der Waals surface area contributed by atoms with E-state index in [1.54, 1.807) is 6.07 Å². The number of carbonyl (C=O) groups is 2. The number of rotatable bonds is 4. The summed E-state index contributed by atoms with van der Waals surface area (Å²) in [5.74, 6) is 0.185. The molecule has 0 radical (unpaired) electrons. The van der Waals surface area contributed by atoms with E-state index in [0.29, 0.717) is 16.9 Å². The number of guanidine groups is 1. The average molecular weight is 349 g/mol. The first-order valence-electron chi connectivity index (χ1n) is 8.04. The van der Waals surface area contributed by atoms with Crippen LogP contribution in [0, 0.1) is 0 Å². The Morgan fingerprint density at radius 1 is 1.15 bits per heavy atom. The van der Waals surface area contributed by atoms with Gasteiger partial charge in [-0.3, -0.25) is 20.2 Å². The lowest BCUT2D eigenvalue weighted by molar-refractivity contribution is -0.117. The van der Waals surface area contributed by atoms with Crippen molar-refractivity contribution in [2.45, 2.75) is 6.61 Å². The minimum atomic E-state index is -0.492. The number of furan rings is 1. The first kappa shape index (κ1) is 15.9. The molecule has 0 saturated heterocycles. The molecule has 7 heteroatoms. The van der Waals surface area contributed by atoms with Crippen LogP contribution in [0.15, 0.2) is 64.0 Å². The minimum absolute atomic E-state index is 0.000279. The van der Waals surface area contributed by atoms with Crippen LogP contribution in [-0.4, -0.2) is 24.3 Å². The summed E-state index contributed by atoms with van der Waals surface area (Å²) in [6.07, 6.45) is 0. The molecule has 0 fully saturated rings. The Hall–Kier alpha value is -3.61. The summed E-state index contributed by atoms with van der Waals surface area (Å²) in [5, 5.41) is 5.82. The van der Waals surface area contributed by atoms with Crippen molar-refractivity contribution in [2.75, 3.05) is 6.54 Å². The van der Waals surface area contributed by atoms with Gasteiger partial charge in [-0.2, -0.15) is 0 Å². The van der Waals surface area contributed by atoms with E-state index >= 15 is 0 Å². The van der Waals surface area contributed by atoms with Crippen LogP contribution in [0.1, 0.15) is 16.1 Å². The fourth-order valence-electron chi connectivity index (χ4n) is 2.69. The van der Waals surface area contributed by atoms with Gasteiger partial charge in [0.2, 0.25) is 11.9 Å². The molecule has 1 aliphatic heterocycles. The van der Waals surface area contributed by atoms with Gasteiger partial charge >= 0.3 is 0 Å². The molecule has 26 heavy (non-hydrogen) atoms. The molecule has 2 amide bonds. The fourth-order valence-corrected chi connectivity index (χ4v) is 2.69. The molecule has 0 unspecified atom stereocenters. The maximum atomic E-state index is 12.6. The Bertz CT molecular complexity index is 1010. The minimum Gasteiger partial charge on any atom is -0.489 e. The van der Waals surface area contributed by atoms with E-state index in [1.165, 1.54) is 0 Å². The standard InChI is InChI=1S/C19H15N3O4/c23-16-10-20-19(21-16)22-18(24)17-14(11-25-12-6-2-1-3-7-12)13-8-4-5-9-15(13)26-17/h1-9H,10-11H2,(H2,20,21,22,23,24). The highest BCUT2D eigenvalue weighted by atomic mass is 16.5. The van der Waals surface area contributed by atoms with Gasteiger partial charge in [0.1, 0.15) is 24.5 Å². The van der Waals surface area contributed by atoms with Crippen LogP contribution in [-0.2, 0) is 11.4 Å². The summed E-state index contributed by atoms with van der Waals surface area (Å²) in [5.41, 5.74) is 1.22. The van der Waals surface area contributed by atoms with Gasteiger partial charge in [0.15, 0.2) is 5.76 Å². The number of para-hydroxylation sites is 2. The van der Waals surface area contributed by atoms with Gasteiger partial charge in [-0.05, 0) is 18.2 Å². The predicted molar refractivity (Wildman–Crippen MR) is 94.9 cm³/mol. The van der Waals surface area contributed by atoms with Crippen molar-refractivity contribution in [3.05, 3.63) is 65.9 Å². The predicted octanol–water partition coefficient (Wildman–Crippen LogP) is 2.23. The third-order valence-corrected chi connectivity index (χ3v) is 3.90. The number of benzene rings is 2. The molecule has 4 rings (SSSR count).